The minimum atomic E-state index is 0.659. The lowest BCUT2D eigenvalue weighted by Gasteiger charge is -2.59. The molecule has 1 atom stereocenters. The Bertz CT molecular complexity index is 497. The molecule has 5 fully saturated rings. The molecule has 5 saturated carbocycles. The second-order valence-electron chi connectivity index (χ2n) is 9.07. The van der Waals surface area contributed by atoms with Crippen molar-refractivity contribution in [1.29, 1.82) is 0 Å². The minimum absolute atomic E-state index is 0.659. The summed E-state index contributed by atoms with van der Waals surface area (Å²) in [6.07, 6.45) is 21.4. The normalized spacial score (nSPS) is 40.8. The predicted octanol–water partition coefficient (Wildman–Crippen LogP) is 5.14. The van der Waals surface area contributed by atoms with Gasteiger partial charge in [0.15, 0.2) is 0 Å². The van der Waals surface area contributed by atoms with Gasteiger partial charge < -0.3 is 4.57 Å². The lowest BCUT2D eigenvalue weighted by Crippen LogP contribution is -2.52. The molecule has 5 aliphatic carbocycles. The smallest absolute Gasteiger partial charge is 0.0946 e. The molecule has 4 bridgehead atoms. The Labute approximate surface area is 144 Å². The largest absolute Gasteiger partial charge is 0.336 e. The van der Waals surface area contributed by atoms with E-state index >= 15 is 0 Å². The zero-order chi connectivity index (χ0) is 15.3. The van der Waals surface area contributed by atoms with Crippen molar-refractivity contribution in [2.75, 3.05) is 0 Å². The van der Waals surface area contributed by atoms with Crippen LogP contribution in [0, 0.1) is 23.2 Å². The van der Waals surface area contributed by atoms with Gasteiger partial charge in [0.25, 0.3) is 0 Å². The third kappa shape index (κ3) is 2.77. The maximum atomic E-state index is 4.31. The monoisotopic (exact) mass is 330 g/mol. The van der Waals surface area contributed by atoms with Crippen molar-refractivity contribution in [2.45, 2.75) is 81.3 Å². The van der Waals surface area contributed by atoms with Crippen LogP contribution in [0.25, 0.3) is 0 Å². The molecule has 1 aromatic heterocycles. The maximum Gasteiger partial charge on any atom is 0.0946 e. The van der Waals surface area contributed by atoms with E-state index in [9.17, 15) is 0 Å². The Kier molecular flexibility index (Phi) is 3.76. The molecule has 0 aromatic carbocycles. The van der Waals surface area contributed by atoms with Crippen LogP contribution in [0.15, 0.2) is 18.7 Å². The van der Waals surface area contributed by atoms with Crippen LogP contribution >= 0.6 is 11.8 Å². The van der Waals surface area contributed by atoms with Gasteiger partial charge in [-0.1, -0.05) is 12.8 Å². The third-order valence-electron chi connectivity index (χ3n) is 7.36. The molecule has 0 aliphatic heterocycles. The van der Waals surface area contributed by atoms with E-state index in [1.807, 2.05) is 12.5 Å². The summed E-state index contributed by atoms with van der Waals surface area (Å²) >= 11 is 2.39. The van der Waals surface area contributed by atoms with E-state index in [-0.39, 0.29) is 0 Å². The molecule has 0 spiro atoms. The second kappa shape index (κ2) is 5.82. The summed E-state index contributed by atoms with van der Waals surface area (Å²) in [6.45, 7) is 1.20. The van der Waals surface area contributed by atoms with E-state index in [1.165, 1.54) is 32.2 Å². The van der Waals surface area contributed by atoms with Crippen molar-refractivity contribution in [3.63, 3.8) is 0 Å². The van der Waals surface area contributed by atoms with Crippen molar-refractivity contribution in [3.05, 3.63) is 18.7 Å². The highest BCUT2D eigenvalue weighted by molar-refractivity contribution is 8.00. The van der Waals surface area contributed by atoms with Gasteiger partial charge in [-0.25, -0.2) is 4.98 Å². The molecule has 1 unspecified atom stereocenters. The second-order valence-corrected chi connectivity index (χ2v) is 10.6. The van der Waals surface area contributed by atoms with E-state index < -0.39 is 0 Å². The molecule has 2 nitrogen and oxygen atoms in total. The van der Waals surface area contributed by atoms with Gasteiger partial charge in [-0.2, -0.15) is 11.8 Å². The fourth-order valence-corrected chi connectivity index (χ4v) is 8.70. The fourth-order valence-electron chi connectivity index (χ4n) is 6.80. The molecule has 23 heavy (non-hydrogen) atoms. The first-order valence-electron chi connectivity index (χ1n) is 9.90. The summed E-state index contributed by atoms with van der Waals surface area (Å²) in [4.78, 5) is 4.31. The number of hydrogen-bond acceptors (Lipinski definition) is 2. The molecule has 1 aromatic rings. The first-order chi connectivity index (χ1) is 11.3. The SMILES string of the molecule is c1cn(CC(SC2CCCC2)C23CC4CC(CC(C4)C2)C3)cn1. The van der Waals surface area contributed by atoms with Crippen LogP contribution in [0.1, 0.15) is 64.2 Å². The van der Waals surface area contributed by atoms with Crippen LogP contribution in [-0.2, 0) is 6.54 Å². The average Bonchev–Trinajstić information content (AvgIpc) is 3.18. The highest BCUT2D eigenvalue weighted by Crippen LogP contribution is 2.63. The quantitative estimate of drug-likeness (QED) is 0.743. The van der Waals surface area contributed by atoms with Crippen LogP contribution in [0.3, 0.4) is 0 Å². The van der Waals surface area contributed by atoms with Gasteiger partial charge in [0, 0.05) is 29.4 Å². The van der Waals surface area contributed by atoms with Crippen molar-refractivity contribution in [2.24, 2.45) is 23.2 Å². The van der Waals surface area contributed by atoms with E-state index in [2.05, 4.69) is 27.5 Å². The van der Waals surface area contributed by atoms with Gasteiger partial charge >= 0.3 is 0 Å². The van der Waals surface area contributed by atoms with Crippen LogP contribution in [0.4, 0.5) is 0 Å². The summed E-state index contributed by atoms with van der Waals surface area (Å²) in [7, 11) is 0. The average molecular weight is 331 g/mol. The Morgan fingerprint density at radius 3 is 2.26 bits per heavy atom. The van der Waals surface area contributed by atoms with Crippen molar-refractivity contribution >= 4 is 11.8 Å². The zero-order valence-electron chi connectivity index (χ0n) is 14.2. The van der Waals surface area contributed by atoms with Gasteiger partial charge in [0.2, 0.25) is 0 Å². The Morgan fingerprint density at radius 2 is 1.70 bits per heavy atom. The molecule has 0 N–H and O–H groups in total. The van der Waals surface area contributed by atoms with Gasteiger partial charge in [0.05, 0.1) is 6.33 Å². The van der Waals surface area contributed by atoms with Crippen LogP contribution in [-0.4, -0.2) is 20.1 Å². The van der Waals surface area contributed by atoms with Crippen LogP contribution < -0.4 is 0 Å². The van der Waals surface area contributed by atoms with Crippen molar-refractivity contribution < 1.29 is 0 Å². The molecule has 0 saturated heterocycles. The molecule has 5 aliphatic rings. The van der Waals surface area contributed by atoms with Gasteiger partial charge in [-0.15, -0.1) is 0 Å². The first-order valence-corrected chi connectivity index (χ1v) is 10.8. The summed E-state index contributed by atoms with van der Waals surface area (Å²) in [5.41, 5.74) is 0.659. The topological polar surface area (TPSA) is 17.8 Å². The van der Waals surface area contributed by atoms with Crippen molar-refractivity contribution in [3.8, 4) is 0 Å². The molecular formula is C20H30N2S. The third-order valence-corrected chi connectivity index (χ3v) is 9.20. The van der Waals surface area contributed by atoms with E-state index in [1.54, 1.807) is 38.5 Å². The summed E-state index contributed by atoms with van der Waals surface area (Å²) in [6, 6.07) is 0. The lowest BCUT2D eigenvalue weighted by atomic mass is 9.48. The number of imidazole rings is 1. The number of nitrogens with zero attached hydrogens (tertiary/aromatic N) is 2. The molecule has 0 amide bonds. The first kappa shape index (κ1) is 14.9. The van der Waals surface area contributed by atoms with Gasteiger partial charge in [-0.05, 0) is 74.5 Å². The fraction of sp³-hybridized carbons (Fsp3) is 0.850. The van der Waals surface area contributed by atoms with E-state index in [0.717, 1.165) is 28.3 Å². The summed E-state index contributed by atoms with van der Waals surface area (Å²) in [5.74, 6) is 3.20. The molecule has 3 heteroatoms. The number of rotatable bonds is 5. The van der Waals surface area contributed by atoms with E-state index in [4.69, 9.17) is 0 Å². The molecule has 0 radical (unpaired) electrons. The minimum Gasteiger partial charge on any atom is -0.336 e. The zero-order valence-corrected chi connectivity index (χ0v) is 15.0. The molecular weight excluding hydrogens is 300 g/mol. The van der Waals surface area contributed by atoms with E-state index in [0.29, 0.717) is 5.41 Å². The maximum absolute atomic E-state index is 4.31. The summed E-state index contributed by atoms with van der Waals surface area (Å²) < 4.78 is 2.37. The molecule has 126 valence electrons. The molecule has 6 rings (SSSR count). The summed E-state index contributed by atoms with van der Waals surface area (Å²) in [5, 5.41) is 1.77. The Hall–Kier alpha value is -0.440. The Balaban J connectivity index is 1.41. The highest BCUT2D eigenvalue weighted by atomic mass is 32.2. The van der Waals surface area contributed by atoms with Crippen molar-refractivity contribution in [1.82, 2.24) is 9.55 Å². The molecule has 1 heterocycles. The van der Waals surface area contributed by atoms with Gasteiger partial charge in [0.1, 0.15) is 0 Å². The number of aromatic nitrogens is 2. The van der Waals surface area contributed by atoms with Gasteiger partial charge in [-0.3, -0.25) is 0 Å². The Morgan fingerprint density at radius 1 is 1.04 bits per heavy atom. The standard InChI is InChI=1S/C20H30N2S/c1-2-4-18(3-1)23-19(13-22-6-5-21-14-22)20-10-15-7-16(11-20)9-17(8-15)12-20/h5-6,14-19H,1-4,7-13H2. The van der Waals surface area contributed by atoms with Crippen LogP contribution in [0.5, 0.6) is 0 Å². The number of thioether (sulfide) groups is 1. The highest BCUT2D eigenvalue weighted by Gasteiger charge is 2.54. The number of hydrogen-bond donors (Lipinski definition) is 0. The predicted molar refractivity (Wildman–Crippen MR) is 96.5 cm³/mol. The van der Waals surface area contributed by atoms with Crippen LogP contribution in [0.2, 0.25) is 0 Å². The lowest BCUT2D eigenvalue weighted by molar-refractivity contribution is -0.0553.